The van der Waals surface area contributed by atoms with Gasteiger partial charge >= 0.3 is 0 Å². The molecule has 4 aliphatic carbocycles. The first-order valence-corrected chi connectivity index (χ1v) is 50.0. The van der Waals surface area contributed by atoms with Crippen LogP contribution in [0.5, 0.6) is 0 Å². The topological polar surface area (TPSA) is 541 Å². The smallest absolute Gasteiger partial charge is 0.251 e. The standard InChI is InChI=1S/C93H161N5O37/c1-5-62-21-13-23-65(84(62)134-92-82(111)80(109)76(105)58(3)126-92)130-90-74(86(78(107)69(54-99)132-90)128-67(88(113)97-27-15-28-97)51-60-17-9-7-10-18-60)95-71(102)26-25-64(101)56-124-49-47-122-45-43-120-41-39-118-37-35-116-33-31-115-32-34-117-36-38-119-40-42-121-44-46-123-48-50-125-57-73(104)94-53-72(103)96-75-87(129-68(89(114)98-29-16-30-98)52-61-19-11-8-12-20-61)79(108)70(55-100)133-91(75)131-66-24-14-22-63(6-2)85(66)135-93-83(112)81(110)77(106)59(4)127-93/h58-63,65-70,74-87,90-93,99-100,105-112H,5-57H2,1-4H3,(H,94,104)(H,95,102)(H,96,103)/t58?,59?,62?,63?,65-,66-,67+,68+,69+,70+,74?,75?,76-,77-,78+,79+,80+,81+,82?,83?,84-,85-,86?,87?,90-,91-,92+,93+/m1/s1. The van der Waals surface area contributed by atoms with E-state index in [2.05, 4.69) is 16.0 Å². The third-order valence-electron chi connectivity index (χ3n) is 27.4. The fraction of sp³-hybridized carbons (Fsp3) is 0.935. The number of rotatable bonds is 63. The largest absolute Gasteiger partial charge is 0.394 e. The number of likely N-dealkylation sites (tertiary alicyclic amines) is 2. The number of nitrogens with one attached hydrogen (secondary N) is 3. The second-order valence-electron chi connectivity index (χ2n) is 37.2. The van der Waals surface area contributed by atoms with E-state index in [0.717, 1.165) is 89.9 Å². The van der Waals surface area contributed by atoms with Crippen LogP contribution in [0, 0.1) is 23.7 Å². The Labute approximate surface area is 793 Å². The third-order valence-corrected chi connectivity index (χ3v) is 27.4. The summed E-state index contributed by atoms with van der Waals surface area (Å²) in [5.41, 5.74) is 0. The quantitative estimate of drug-likeness (QED) is 0.0335. The summed E-state index contributed by atoms with van der Waals surface area (Å²) < 4.78 is 126. The average molecular weight is 1940 g/mol. The van der Waals surface area contributed by atoms with Gasteiger partial charge in [-0.05, 0) is 88.9 Å². The molecule has 0 bridgehead atoms. The van der Waals surface area contributed by atoms with Gasteiger partial charge in [-0.1, -0.05) is 104 Å². The van der Waals surface area contributed by atoms with E-state index < -0.39 is 203 Å². The Morgan fingerprint density at radius 2 is 0.696 bits per heavy atom. The van der Waals surface area contributed by atoms with Crippen LogP contribution in [0.4, 0.5) is 0 Å². The maximum absolute atomic E-state index is 14.2. The molecule has 5 amide bonds. The fourth-order valence-corrected chi connectivity index (χ4v) is 19.1. The van der Waals surface area contributed by atoms with Crippen LogP contribution in [-0.2, 0) is 128 Å². The van der Waals surface area contributed by atoms with E-state index in [4.69, 9.17) is 99.5 Å². The number of carbonyl (C=O) groups is 6. The molecule has 135 heavy (non-hydrogen) atoms. The van der Waals surface area contributed by atoms with Crippen molar-refractivity contribution in [1.82, 2.24) is 25.8 Å². The molecule has 28 atom stereocenters. The van der Waals surface area contributed by atoms with E-state index in [1.165, 1.54) is 0 Å². The summed E-state index contributed by atoms with van der Waals surface area (Å²) >= 11 is 0. The minimum absolute atomic E-state index is 0.0666. The van der Waals surface area contributed by atoms with Gasteiger partial charge in [-0.25, -0.2) is 0 Å². The van der Waals surface area contributed by atoms with Gasteiger partial charge in [-0.3, -0.25) is 28.8 Å². The van der Waals surface area contributed by atoms with Gasteiger partial charge in [0.25, 0.3) is 11.8 Å². The minimum atomic E-state index is -1.59. The molecule has 42 heteroatoms. The van der Waals surface area contributed by atoms with Crippen molar-refractivity contribution in [3.63, 3.8) is 0 Å². The highest BCUT2D eigenvalue weighted by Gasteiger charge is 2.56. The summed E-state index contributed by atoms with van der Waals surface area (Å²) in [6.07, 6.45) is -12.7. The first-order valence-electron chi connectivity index (χ1n) is 50.0. The second-order valence-corrected chi connectivity index (χ2v) is 37.2. The Morgan fingerprint density at radius 3 is 1.04 bits per heavy atom. The predicted octanol–water partition coefficient (Wildman–Crippen LogP) is -0.711. The number of aliphatic hydroxyl groups excluding tert-OH is 10. The zero-order valence-corrected chi connectivity index (χ0v) is 79.7. The van der Waals surface area contributed by atoms with Gasteiger partial charge in [0.15, 0.2) is 30.9 Å². The maximum atomic E-state index is 14.2. The van der Waals surface area contributed by atoms with Gasteiger partial charge in [0, 0.05) is 39.0 Å². The first kappa shape index (κ1) is 113. The lowest BCUT2D eigenvalue weighted by atomic mass is 9.82. The van der Waals surface area contributed by atoms with Crippen LogP contribution in [0.3, 0.4) is 0 Å². The molecule has 6 saturated heterocycles. The molecule has 0 aromatic rings. The van der Waals surface area contributed by atoms with Crippen LogP contribution in [0.2, 0.25) is 0 Å². The lowest BCUT2D eigenvalue weighted by Crippen LogP contribution is -2.68. The van der Waals surface area contributed by atoms with Gasteiger partial charge in [-0.2, -0.15) is 0 Å². The molecular weight excluding hydrogens is 1780 g/mol. The number of aliphatic hydroxyl groups is 10. The van der Waals surface area contributed by atoms with Crippen LogP contribution >= 0.6 is 0 Å². The van der Waals surface area contributed by atoms with E-state index in [1.807, 2.05) is 13.8 Å². The van der Waals surface area contributed by atoms with Crippen molar-refractivity contribution in [2.24, 2.45) is 23.7 Å². The normalized spacial score (nSPS) is 33.2. The van der Waals surface area contributed by atoms with Crippen molar-refractivity contribution < 1.29 is 179 Å². The van der Waals surface area contributed by atoms with Crippen LogP contribution < -0.4 is 16.0 Å². The lowest BCUT2D eigenvalue weighted by Gasteiger charge is -2.49. The number of amides is 5. The summed E-state index contributed by atoms with van der Waals surface area (Å²) in [4.78, 5) is 86.0. The van der Waals surface area contributed by atoms with Crippen molar-refractivity contribution in [2.75, 3.05) is 191 Å². The maximum Gasteiger partial charge on any atom is 0.251 e. The van der Waals surface area contributed by atoms with Crippen molar-refractivity contribution >= 4 is 35.3 Å². The number of ether oxygens (including phenoxy) is 21. The molecule has 0 aromatic carbocycles. The van der Waals surface area contributed by atoms with Crippen LogP contribution in [0.25, 0.3) is 0 Å². The molecule has 780 valence electrons. The lowest BCUT2D eigenvalue weighted by molar-refractivity contribution is -0.337. The number of carbonyl (C=O) groups excluding carboxylic acids is 6. The molecule has 0 spiro atoms. The molecule has 10 aliphatic rings. The highest BCUT2D eigenvalue weighted by atomic mass is 16.8. The van der Waals surface area contributed by atoms with Crippen LogP contribution in [0.15, 0.2) is 0 Å². The molecule has 0 radical (unpaired) electrons. The number of nitrogens with zero attached hydrogens (tertiary/aromatic N) is 2. The number of ketones is 1. The molecule has 10 unspecified atom stereocenters. The molecule has 13 N–H and O–H groups in total. The Balaban J connectivity index is 0.521. The Morgan fingerprint density at radius 1 is 0.348 bits per heavy atom. The zero-order chi connectivity index (χ0) is 96.4. The van der Waals surface area contributed by atoms with E-state index in [9.17, 15) is 79.8 Å². The Bertz CT molecular complexity index is 3110. The van der Waals surface area contributed by atoms with E-state index in [0.29, 0.717) is 163 Å². The summed E-state index contributed by atoms with van der Waals surface area (Å²) in [6.45, 7) is 12.7. The van der Waals surface area contributed by atoms with Gasteiger partial charge in [-0.15, -0.1) is 0 Å². The van der Waals surface area contributed by atoms with Gasteiger partial charge in [0.1, 0.15) is 111 Å². The second kappa shape index (κ2) is 61.7. The molecule has 6 heterocycles. The van der Waals surface area contributed by atoms with Crippen molar-refractivity contribution in [1.29, 1.82) is 0 Å². The molecule has 10 fully saturated rings. The van der Waals surface area contributed by atoms with Crippen molar-refractivity contribution in [2.45, 2.75) is 341 Å². The summed E-state index contributed by atoms with van der Waals surface area (Å²) in [7, 11) is 0. The third kappa shape index (κ3) is 36.2. The van der Waals surface area contributed by atoms with E-state index in [1.54, 1.807) is 23.6 Å². The average Bonchev–Trinajstić information content (AvgIpc) is 0.773. The molecule has 42 nitrogen and oxygen atoms in total. The molecule has 6 aliphatic heterocycles. The van der Waals surface area contributed by atoms with Crippen LogP contribution in [-0.4, -0.2) is 447 Å². The summed E-state index contributed by atoms with van der Waals surface area (Å²) in [5, 5.41) is 118. The number of hydrogen-bond donors (Lipinski definition) is 13. The molecule has 4 saturated carbocycles. The van der Waals surface area contributed by atoms with Gasteiger partial charge < -0.3 is 176 Å². The number of hydrogen-bond acceptors (Lipinski definition) is 37. The number of Topliss-reactive ketones (excluding diaryl/α,β-unsaturated/α-hetero) is 1. The highest BCUT2D eigenvalue weighted by molar-refractivity contribution is 5.86. The van der Waals surface area contributed by atoms with Gasteiger partial charge in [0.2, 0.25) is 17.7 Å². The Hall–Kier alpha value is -4.22. The van der Waals surface area contributed by atoms with E-state index in [-0.39, 0.29) is 107 Å². The first-order chi connectivity index (χ1) is 65.5. The minimum Gasteiger partial charge on any atom is -0.394 e. The van der Waals surface area contributed by atoms with Crippen LogP contribution in [0.1, 0.15) is 182 Å². The zero-order valence-electron chi connectivity index (χ0n) is 79.7. The van der Waals surface area contributed by atoms with E-state index >= 15 is 0 Å². The fourth-order valence-electron chi connectivity index (χ4n) is 19.1. The van der Waals surface area contributed by atoms with Gasteiger partial charge in [0.05, 0.1) is 189 Å². The highest BCUT2D eigenvalue weighted by Crippen LogP contribution is 2.42. The van der Waals surface area contributed by atoms with Crippen molar-refractivity contribution in [3.8, 4) is 0 Å². The SMILES string of the molecule is CCC1CCC[C@@H](O[C@@H]2O[C@@H](CO)[C@H](O)C(O[C@@H](CC3CCCCC3)C(=O)N3CCC3)C2NC(=O)CCC(=O)COCCOCCOCCOCCOCCOCCOCCOCCOCCOCCOCC(=O)NCC(=O)NC2C(O[C@@H](CC3CCCCC3)C(=O)N3CCC3)[C@@H](O)[C@H](CO)O[C@H]2O[C@@H]2CCCC(CC)[C@H]2O[C@@H]2OC(C)[C@@H](O)[C@H](O)C2O)[C@@H]1O[C@@H]1OC(C)[C@@H](O)[C@H](O)C1O. The Kier molecular flexibility index (Phi) is 51.5. The molecule has 10 rings (SSSR count). The monoisotopic (exact) mass is 1940 g/mol. The predicted molar refractivity (Wildman–Crippen MR) is 475 cm³/mol. The van der Waals surface area contributed by atoms with Crippen molar-refractivity contribution in [3.05, 3.63) is 0 Å². The molecular formula is C93H161N5O37. The molecule has 0 aromatic heterocycles. The summed E-state index contributed by atoms with van der Waals surface area (Å²) in [6, 6.07) is -2.57. The summed E-state index contributed by atoms with van der Waals surface area (Å²) in [5.74, 6) is -2.60.